The van der Waals surface area contributed by atoms with E-state index in [-0.39, 0.29) is 31.2 Å². The van der Waals surface area contributed by atoms with Gasteiger partial charge in [-0.1, -0.05) is 107 Å². The van der Waals surface area contributed by atoms with Crippen molar-refractivity contribution in [1.29, 1.82) is 0 Å². The molecule has 1 radical (unpaired) electrons. The molecule has 0 bridgehead atoms. The van der Waals surface area contributed by atoms with Crippen molar-refractivity contribution in [3.8, 4) is 22.5 Å². The van der Waals surface area contributed by atoms with E-state index >= 15 is 0 Å². The summed E-state index contributed by atoms with van der Waals surface area (Å²) in [6.45, 7) is 5.79. The normalized spacial score (nSPS) is 16.7. The topological polar surface area (TPSA) is 38.9 Å². The molecule has 0 saturated carbocycles. The first-order chi connectivity index (χ1) is 27.3. The van der Waals surface area contributed by atoms with E-state index in [0.717, 1.165) is 57.3 Å². The largest absolute Gasteiger partial charge is 0.500 e. The van der Waals surface area contributed by atoms with Gasteiger partial charge in [0.1, 0.15) is 5.58 Å². The van der Waals surface area contributed by atoms with Gasteiger partial charge in [0, 0.05) is 57.0 Å². The van der Waals surface area contributed by atoms with Crippen molar-refractivity contribution in [3.63, 3.8) is 0 Å². The molecule has 4 aromatic carbocycles. The van der Waals surface area contributed by atoms with Gasteiger partial charge >= 0.3 is 0 Å². The predicted octanol–water partition coefficient (Wildman–Crippen LogP) is 12.0. The van der Waals surface area contributed by atoms with Crippen molar-refractivity contribution in [1.82, 2.24) is 9.97 Å². The van der Waals surface area contributed by atoms with E-state index in [9.17, 15) is 0 Å². The quantitative estimate of drug-likeness (QED) is 0.166. The third-order valence-corrected chi connectivity index (χ3v) is 8.44. The Labute approximate surface area is 325 Å². The van der Waals surface area contributed by atoms with E-state index in [2.05, 4.69) is 34.2 Å². The summed E-state index contributed by atoms with van der Waals surface area (Å²) in [6.07, 6.45) is 0.956. The van der Waals surface area contributed by atoms with Crippen molar-refractivity contribution >= 4 is 32.7 Å². The fraction of sp³-hybridized carbons (Fsp3) is 0.304. The van der Waals surface area contributed by atoms with Gasteiger partial charge < -0.3 is 14.4 Å². The Hall–Kier alpha value is -4.11. The van der Waals surface area contributed by atoms with E-state index in [1.165, 1.54) is 17.8 Å². The number of hydrogen-bond acceptors (Lipinski definition) is 3. The number of fused-ring (bicyclic) bond motifs is 2. The van der Waals surface area contributed by atoms with Gasteiger partial charge in [0.25, 0.3) is 0 Å². The monoisotopic (exact) mass is 845 g/mol. The van der Waals surface area contributed by atoms with Crippen LogP contribution in [0.15, 0.2) is 89.6 Å². The van der Waals surface area contributed by atoms with Gasteiger partial charge in [0.15, 0.2) is 0 Å². The number of hydrogen-bond donors (Lipinski definition) is 0. The van der Waals surface area contributed by atoms with Crippen LogP contribution >= 0.6 is 0 Å². The van der Waals surface area contributed by atoms with Crippen LogP contribution in [-0.4, -0.2) is 9.97 Å². The predicted molar refractivity (Wildman–Crippen MR) is 205 cm³/mol. The first kappa shape index (κ1) is 24.9. The van der Waals surface area contributed by atoms with Gasteiger partial charge in [0.2, 0.25) is 0 Å². The second-order valence-corrected chi connectivity index (χ2v) is 14.7. The summed E-state index contributed by atoms with van der Waals surface area (Å²) in [5.74, 6) is 0. The molecule has 50 heavy (non-hydrogen) atoms. The minimum Gasteiger partial charge on any atom is -0.500 e. The summed E-state index contributed by atoms with van der Waals surface area (Å²) in [5, 5.41) is 4.20. The molecule has 7 aromatic rings. The maximum absolute atomic E-state index is 8.77. The average molecular weight is 845 g/mol. The van der Waals surface area contributed by atoms with Gasteiger partial charge in [-0.25, -0.2) is 0 Å². The summed E-state index contributed by atoms with van der Waals surface area (Å²) in [7, 11) is 0. The molecule has 1 aliphatic rings. The Balaban J connectivity index is 0.000000204. The molecule has 0 fully saturated rings. The first-order valence-corrected chi connectivity index (χ1v) is 16.6. The number of aryl methyl sites for hydroxylation is 4. The Morgan fingerprint density at radius 3 is 2.18 bits per heavy atom. The molecule has 1 aliphatic carbocycles. The molecule has 3 aromatic heterocycles. The van der Waals surface area contributed by atoms with E-state index in [1.54, 1.807) is 12.1 Å². The van der Waals surface area contributed by atoms with Crippen LogP contribution in [0.2, 0.25) is 0 Å². The second-order valence-electron chi connectivity index (χ2n) is 14.7. The Morgan fingerprint density at radius 2 is 1.44 bits per heavy atom. The van der Waals surface area contributed by atoms with Crippen molar-refractivity contribution < 1.29 is 38.2 Å². The minimum atomic E-state index is -2.59. The Bertz CT molecular complexity index is 2720. The summed E-state index contributed by atoms with van der Waals surface area (Å²) in [6, 6.07) is 29.0. The fourth-order valence-electron chi connectivity index (χ4n) is 6.41. The number of furan rings is 1. The number of benzene rings is 4. The molecule has 0 saturated heterocycles. The van der Waals surface area contributed by atoms with Crippen molar-refractivity contribution in [3.05, 3.63) is 131 Å². The molecular formula is C46H46IrN2O-2. The van der Waals surface area contributed by atoms with Gasteiger partial charge in [-0.15, -0.1) is 53.6 Å². The number of rotatable bonds is 4. The Kier molecular flexibility index (Phi) is 6.93. The maximum atomic E-state index is 8.77. The molecule has 3 nitrogen and oxygen atoms in total. The summed E-state index contributed by atoms with van der Waals surface area (Å²) >= 11 is 0. The molecule has 0 atom stereocenters. The number of aromatic nitrogens is 2. The molecule has 4 heteroatoms. The molecule has 0 spiro atoms. The zero-order chi connectivity index (χ0) is 43.1. The van der Waals surface area contributed by atoms with Gasteiger partial charge in [-0.05, 0) is 82.7 Å². The van der Waals surface area contributed by atoms with Crippen LogP contribution < -0.4 is 0 Å². The third kappa shape index (κ3) is 7.34. The summed E-state index contributed by atoms with van der Waals surface area (Å²) in [4.78, 5) is 8.79. The Morgan fingerprint density at radius 1 is 0.740 bits per heavy atom. The fourth-order valence-corrected chi connectivity index (χ4v) is 6.41. The van der Waals surface area contributed by atoms with Crippen LogP contribution in [0.25, 0.3) is 55.2 Å². The molecule has 0 unspecified atom stereocenters. The minimum absolute atomic E-state index is 0. The van der Waals surface area contributed by atoms with Crippen LogP contribution in [0, 0.1) is 36.7 Å². The molecule has 0 N–H and O–H groups in total. The summed E-state index contributed by atoms with van der Waals surface area (Å²) in [5.41, 5.74) is 4.76. The molecule has 8 rings (SSSR count). The van der Waals surface area contributed by atoms with Crippen LogP contribution in [0.5, 0.6) is 0 Å². The van der Waals surface area contributed by atoms with Gasteiger partial charge in [-0.3, -0.25) is 0 Å². The van der Waals surface area contributed by atoms with E-state index in [1.807, 2.05) is 84.0 Å². The molecule has 0 aliphatic heterocycles. The van der Waals surface area contributed by atoms with E-state index in [4.69, 9.17) is 18.1 Å². The third-order valence-electron chi connectivity index (χ3n) is 8.44. The first-order valence-electron chi connectivity index (χ1n) is 21.6. The molecule has 3 heterocycles. The SMILES string of the molecule is [2H]C([2H])([2H])c1cnc(-c2[c-]cc3c4c2oc2c5ccccc5cc(c24)CC3)cc1C([2H])([2H])[2H].[2H]C([2H])(c1cnc(-c2[c-]cccc2)cc1C([2H])([2H])C(C)(C)C)C(C)(C)C.[Ir]. The molecule has 257 valence electrons. The molecule has 0 amide bonds. The number of nitrogens with zero attached hydrogens (tertiary/aromatic N) is 2. The van der Waals surface area contributed by atoms with Crippen LogP contribution in [0.3, 0.4) is 0 Å². The van der Waals surface area contributed by atoms with Crippen molar-refractivity contribution in [2.75, 3.05) is 0 Å². The standard InChI is InChI=1S/C25H18NO.C21H28N.Ir/c1-14-11-21(26-13-15(14)2)20-10-9-16-7-8-18-12-17-5-3-4-6-19(17)24-23(18)22(16)25(20)27-24;1-20(2,3)13-17-12-19(16-10-8-7-9-11-16)22-15-18(17)14-21(4,5)6;/h3-6,9,11-13H,7-8H2,1-2H3;7-10,12,15H,13-14H2,1-6H3;/q2*-1;/i1D3,2D3;13D2,14D2;. The maximum Gasteiger partial charge on any atom is 0.129 e. The van der Waals surface area contributed by atoms with E-state index < -0.39 is 37.3 Å². The second kappa shape index (κ2) is 13.9. The van der Waals surface area contributed by atoms with Crippen LogP contribution in [0.1, 0.15) is 88.6 Å². The van der Waals surface area contributed by atoms with Gasteiger partial charge in [-0.2, -0.15) is 0 Å². The van der Waals surface area contributed by atoms with Gasteiger partial charge in [0.05, 0.1) is 5.58 Å². The zero-order valence-electron chi connectivity index (χ0n) is 39.1. The summed E-state index contributed by atoms with van der Waals surface area (Å²) < 4.78 is 88.2. The number of pyridine rings is 2. The van der Waals surface area contributed by atoms with Crippen LogP contribution in [0.4, 0.5) is 0 Å². The van der Waals surface area contributed by atoms with Crippen molar-refractivity contribution in [2.24, 2.45) is 10.8 Å². The molecular weight excluding hydrogens is 789 g/mol. The van der Waals surface area contributed by atoms with Crippen molar-refractivity contribution in [2.45, 2.75) is 80.8 Å². The zero-order valence-corrected chi connectivity index (χ0v) is 31.5. The smallest absolute Gasteiger partial charge is 0.129 e. The van der Waals surface area contributed by atoms with E-state index in [0.29, 0.717) is 33.7 Å². The van der Waals surface area contributed by atoms with Crippen LogP contribution in [-0.2, 0) is 45.7 Å². The average Bonchev–Trinajstić information content (AvgIpc) is 3.57.